The minimum Gasteiger partial charge on any atom is -0.352 e. The second-order valence-corrected chi connectivity index (χ2v) is 6.97. The summed E-state index contributed by atoms with van der Waals surface area (Å²) in [7, 11) is 0. The van der Waals surface area contributed by atoms with Gasteiger partial charge in [-0.2, -0.15) is 0 Å². The molecule has 124 valence electrons. The molecule has 0 spiro atoms. The van der Waals surface area contributed by atoms with Gasteiger partial charge in [-0.1, -0.05) is 23.5 Å². The monoisotopic (exact) mass is 348 g/mol. The molecule has 1 aromatic carbocycles. The molecule has 6 nitrogen and oxygen atoms in total. The van der Waals surface area contributed by atoms with E-state index in [0.29, 0.717) is 0 Å². The van der Waals surface area contributed by atoms with Gasteiger partial charge in [0, 0.05) is 37.8 Å². The Hall–Kier alpha value is -2.80. The Balaban J connectivity index is 1.38. The lowest BCUT2D eigenvalue weighted by Crippen LogP contribution is -2.46. The molecular weight excluding hydrogens is 332 g/mol. The van der Waals surface area contributed by atoms with Crippen LogP contribution in [0.15, 0.2) is 48.9 Å². The molecule has 4 heterocycles. The zero-order valence-electron chi connectivity index (χ0n) is 13.5. The Bertz CT molecular complexity index is 1000. The van der Waals surface area contributed by atoms with E-state index < -0.39 is 0 Å². The van der Waals surface area contributed by atoms with E-state index >= 15 is 0 Å². The molecule has 0 aliphatic carbocycles. The van der Waals surface area contributed by atoms with Crippen molar-refractivity contribution in [3.63, 3.8) is 0 Å². The van der Waals surface area contributed by atoms with Crippen LogP contribution in [0.5, 0.6) is 0 Å². The summed E-state index contributed by atoms with van der Waals surface area (Å²) in [6, 6.07) is 12.1. The summed E-state index contributed by atoms with van der Waals surface area (Å²) in [5.74, 6) is 1.02. The first kappa shape index (κ1) is 14.5. The van der Waals surface area contributed by atoms with Crippen molar-refractivity contribution >= 4 is 43.5 Å². The molecule has 1 fully saturated rings. The van der Waals surface area contributed by atoms with Gasteiger partial charge >= 0.3 is 0 Å². The maximum atomic E-state index is 4.72. The van der Waals surface area contributed by atoms with Crippen LogP contribution in [0.25, 0.3) is 21.3 Å². The third-order valence-electron chi connectivity index (χ3n) is 4.53. The molecule has 7 heteroatoms. The van der Waals surface area contributed by atoms with Crippen LogP contribution in [0.3, 0.4) is 0 Å². The van der Waals surface area contributed by atoms with Gasteiger partial charge in [0.15, 0.2) is 5.13 Å². The summed E-state index contributed by atoms with van der Waals surface area (Å²) >= 11 is 1.66. The molecule has 0 N–H and O–H groups in total. The van der Waals surface area contributed by atoms with Gasteiger partial charge in [0.25, 0.3) is 0 Å². The van der Waals surface area contributed by atoms with E-state index in [1.165, 1.54) is 0 Å². The van der Waals surface area contributed by atoms with Gasteiger partial charge in [0.1, 0.15) is 22.5 Å². The fourth-order valence-electron chi connectivity index (χ4n) is 3.25. The minimum atomic E-state index is 0.921. The summed E-state index contributed by atoms with van der Waals surface area (Å²) in [6.45, 7) is 3.70. The molecule has 0 bridgehead atoms. The zero-order chi connectivity index (χ0) is 16.6. The van der Waals surface area contributed by atoms with E-state index in [-0.39, 0.29) is 0 Å². The smallest absolute Gasteiger partial charge is 0.188 e. The van der Waals surface area contributed by atoms with Crippen molar-refractivity contribution in [2.75, 3.05) is 36.0 Å². The lowest BCUT2D eigenvalue weighted by molar-refractivity contribution is 0.648. The molecule has 1 saturated heterocycles. The Morgan fingerprint density at radius 2 is 1.60 bits per heavy atom. The molecule has 0 unspecified atom stereocenters. The Labute approximate surface area is 148 Å². The first-order valence-electron chi connectivity index (χ1n) is 8.30. The van der Waals surface area contributed by atoms with E-state index in [0.717, 1.165) is 58.4 Å². The zero-order valence-corrected chi connectivity index (χ0v) is 14.4. The van der Waals surface area contributed by atoms with Crippen LogP contribution in [0.1, 0.15) is 0 Å². The average molecular weight is 348 g/mol. The van der Waals surface area contributed by atoms with Crippen LogP contribution in [0.2, 0.25) is 0 Å². The number of aromatic nitrogens is 4. The van der Waals surface area contributed by atoms with Crippen LogP contribution in [0.4, 0.5) is 10.9 Å². The van der Waals surface area contributed by atoms with Crippen molar-refractivity contribution in [2.24, 2.45) is 0 Å². The normalized spacial score (nSPS) is 15.2. The molecule has 4 aromatic rings. The number of fused-ring (bicyclic) bond motifs is 2. The largest absolute Gasteiger partial charge is 0.352 e. The van der Waals surface area contributed by atoms with E-state index in [1.807, 2.05) is 36.5 Å². The van der Waals surface area contributed by atoms with E-state index in [4.69, 9.17) is 4.98 Å². The SMILES string of the molecule is c1cnc2sc(N3CCN(c4ncnc5ccccc45)CC3)nc2c1. The van der Waals surface area contributed by atoms with E-state index in [1.54, 1.807) is 17.7 Å². The van der Waals surface area contributed by atoms with Gasteiger partial charge in [0.05, 0.1) is 5.52 Å². The number of para-hydroxylation sites is 1. The summed E-state index contributed by atoms with van der Waals surface area (Å²) in [5.41, 5.74) is 1.97. The third-order valence-corrected chi connectivity index (χ3v) is 5.57. The van der Waals surface area contributed by atoms with Gasteiger partial charge in [-0.3, -0.25) is 0 Å². The van der Waals surface area contributed by atoms with Crippen LogP contribution < -0.4 is 9.80 Å². The summed E-state index contributed by atoms with van der Waals surface area (Å²) in [6.07, 6.45) is 3.48. The van der Waals surface area contributed by atoms with Crippen molar-refractivity contribution < 1.29 is 0 Å². The highest BCUT2D eigenvalue weighted by atomic mass is 32.1. The van der Waals surface area contributed by atoms with E-state index in [9.17, 15) is 0 Å². The quantitative estimate of drug-likeness (QED) is 0.555. The molecule has 0 atom stereocenters. The minimum absolute atomic E-state index is 0.921. The molecule has 0 amide bonds. The number of benzene rings is 1. The number of anilines is 2. The third kappa shape index (κ3) is 2.56. The standard InChI is InChI=1S/C18H16N6S/c1-2-5-14-13(4-1)16(21-12-20-14)23-8-10-24(11-9-23)18-22-15-6-3-7-19-17(15)25-18/h1-7,12H,8-11H2. The molecule has 3 aromatic heterocycles. The highest BCUT2D eigenvalue weighted by molar-refractivity contribution is 7.21. The van der Waals surface area contributed by atoms with Crippen LogP contribution in [-0.2, 0) is 0 Å². The van der Waals surface area contributed by atoms with Gasteiger partial charge in [0.2, 0.25) is 0 Å². The number of piperazine rings is 1. The fourth-order valence-corrected chi connectivity index (χ4v) is 4.21. The van der Waals surface area contributed by atoms with Gasteiger partial charge in [-0.25, -0.2) is 19.9 Å². The number of hydrogen-bond acceptors (Lipinski definition) is 7. The van der Waals surface area contributed by atoms with Crippen molar-refractivity contribution in [3.8, 4) is 0 Å². The Kier molecular flexibility index (Phi) is 3.45. The lowest BCUT2D eigenvalue weighted by atomic mass is 10.2. The first-order chi connectivity index (χ1) is 12.4. The predicted octanol–water partition coefficient (Wildman–Crippen LogP) is 2.96. The highest BCUT2D eigenvalue weighted by Gasteiger charge is 2.22. The van der Waals surface area contributed by atoms with Crippen LogP contribution in [0, 0.1) is 0 Å². The molecule has 1 aliphatic heterocycles. The molecule has 1 aliphatic rings. The second-order valence-electron chi connectivity index (χ2n) is 6.01. The second kappa shape index (κ2) is 5.93. The number of pyridine rings is 1. The maximum Gasteiger partial charge on any atom is 0.188 e. The number of hydrogen-bond donors (Lipinski definition) is 0. The first-order valence-corrected chi connectivity index (χ1v) is 9.11. The molecule has 0 saturated carbocycles. The topological polar surface area (TPSA) is 58.0 Å². The summed E-state index contributed by atoms with van der Waals surface area (Å²) in [4.78, 5) is 23.7. The molecule has 25 heavy (non-hydrogen) atoms. The molecular formula is C18H16N6S. The Morgan fingerprint density at radius 1 is 0.800 bits per heavy atom. The summed E-state index contributed by atoms with van der Waals surface area (Å²) < 4.78 is 0. The Morgan fingerprint density at radius 3 is 2.48 bits per heavy atom. The number of thiazole rings is 1. The van der Waals surface area contributed by atoms with Crippen molar-refractivity contribution in [2.45, 2.75) is 0 Å². The van der Waals surface area contributed by atoms with Gasteiger partial charge in [-0.05, 0) is 24.3 Å². The average Bonchev–Trinajstić information content (AvgIpc) is 3.12. The van der Waals surface area contributed by atoms with Gasteiger partial charge in [-0.15, -0.1) is 0 Å². The maximum absolute atomic E-state index is 4.72. The van der Waals surface area contributed by atoms with Crippen LogP contribution >= 0.6 is 11.3 Å². The highest BCUT2D eigenvalue weighted by Crippen LogP contribution is 2.29. The summed E-state index contributed by atoms with van der Waals surface area (Å²) in [5, 5.41) is 2.17. The lowest BCUT2D eigenvalue weighted by Gasteiger charge is -2.35. The van der Waals surface area contributed by atoms with Crippen LogP contribution in [-0.4, -0.2) is 46.1 Å². The van der Waals surface area contributed by atoms with Gasteiger partial charge < -0.3 is 9.80 Å². The fraction of sp³-hybridized carbons (Fsp3) is 0.222. The van der Waals surface area contributed by atoms with Crippen molar-refractivity contribution in [1.29, 1.82) is 0 Å². The molecule has 5 rings (SSSR count). The van der Waals surface area contributed by atoms with Crippen molar-refractivity contribution in [1.82, 2.24) is 19.9 Å². The predicted molar refractivity (Wildman–Crippen MR) is 101 cm³/mol. The van der Waals surface area contributed by atoms with Crippen molar-refractivity contribution in [3.05, 3.63) is 48.9 Å². The number of nitrogens with zero attached hydrogens (tertiary/aromatic N) is 6. The van der Waals surface area contributed by atoms with E-state index in [2.05, 4.69) is 30.8 Å². The molecule has 0 radical (unpaired) electrons. The number of rotatable bonds is 2.